The van der Waals surface area contributed by atoms with Crippen molar-refractivity contribution in [3.05, 3.63) is 35.6 Å². The first-order valence-corrected chi connectivity index (χ1v) is 4.10. The van der Waals surface area contributed by atoms with Crippen molar-refractivity contribution in [1.82, 2.24) is 0 Å². The van der Waals surface area contributed by atoms with Gasteiger partial charge in [0.25, 0.3) is 0 Å². The van der Waals surface area contributed by atoms with Crippen LogP contribution in [0.5, 0.6) is 0 Å². The lowest BCUT2D eigenvalue weighted by Crippen LogP contribution is -1.75. The van der Waals surface area contributed by atoms with Crippen LogP contribution >= 0.6 is 0 Å². The third-order valence-corrected chi connectivity index (χ3v) is 1.81. The highest BCUT2D eigenvalue weighted by molar-refractivity contribution is 5.44. The number of allylic oxidation sites excluding steroid dienone is 5. The number of unbranched alkanes of at least 4 members (excludes halogenated alkanes) is 1. The predicted octanol–water partition coefficient (Wildman–Crippen LogP) is 3.11. The van der Waals surface area contributed by atoms with E-state index in [0.29, 0.717) is 0 Å². The largest absolute Gasteiger partial charge is 0.515 e. The van der Waals surface area contributed by atoms with Gasteiger partial charge in [0.2, 0.25) is 0 Å². The molecule has 0 aromatic heterocycles. The molecule has 1 aliphatic carbocycles. The van der Waals surface area contributed by atoms with Gasteiger partial charge < -0.3 is 5.11 Å². The SMILES string of the molecule is CCCCC1=C/C(=C\O)C=C1. The minimum Gasteiger partial charge on any atom is -0.515 e. The van der Waals surface area contributed by atoms with Crippen LogP contribution in [0.4, 0.5) is 0 Å². The van der Waals surface area contributed by atoms with Crippen LogP contribution in [-0.4, -0.2) is 5.11 Å². The molecule has 11 heavy (non-hydrogen) atoms. The second-order valence-electron chi connectivity index (χ2n) is 2.79. The summed E-state index contributed by atoms with van der Waals surface area (Å²) in [7, 11) is 0. The Morgan fingerprint density at radius 1 is 1.45 bits per heavy atom. The van der Waals surface area contributed by atoms with Crippen LogP contribution in [0.3, 0.4) is 0 Å². The summed E-state index contributed by atoms with van der Waals surface area (Å²) >= 11 is 0. The summed E-state index contributed by atoms with van der Waals surface area (Å²) in [6, 6.07) is 0. The van der Waals surface area contributed by atoms with Gasteiger partial charge in [-0.15, -0.1) is 0 Å². The Kier molecular flexibility index (Phi) is 2.96. The van der Waals surface area contributed by atoms with Crippen molar-refractivity contribution in [3.63, 3.8) is 0 Å². The van der Waals surface area contributed by atoms with Gasteiger partial charge in [0.05, 0.1) is 6.26 Å². The van der Waals surface area contributed by atoms with E-state index in [2.05, 4.69) is 13.0 Å². The number of aliphatic hydroxyl groups is 1. The maximum Gasteiger partial charge on any atom is 0.0864 e. The molecule has 1 aliphatic rings. The van der Waals surface area contributed by atoms with E-state index < -0.39 is 0 Å². The van der Waals surface area contributed by atoms with Gasteiger partial charge in [-0.25, -0.2) is 0 Å². The van der Waals surface area contributed by atoms with Gasteiger partial charge in [0, 0.05) is 5.57 Å². The Balaban J connectivity index is 2.44. The molecule has 60 valence electrons. The average molecular weight is 150 g/mol. The second kappa shape index (κ2) is 4.02. The molecule has 0 unspecified atom stereocenters. The average Bonchev–Trinajstić information content (AvgIpc) is 2.48. The van der Waals surface area contributed by atoms with Crippen LogP contribution in [0, 0.1) is 0 Å². The highest BCUT2D eigenvalue weighted by Crippen LogP contribution is 2.18. The molecule has 1 nitrogen and oxygen atoms in total. The van der Waals surface area contributed by atoms with Crippen LogP contribution in [0.2, 0.25) is 0 Å². The molecule has 0 fully saturated rings. The zero-order chi connectivity index (χ0) is 8.10. The molecule has 0 saturated heterocycles. The lowest BCUT2D eigenvalue weighted by molar-refractivity contribution is 0.471. The van der Waals surface area contributed by atoms with E-state index in [1.54, 1.807) is 0 Å². The van der Waals surface area contributed by atoms with Gasteiger partial charge in [0.1, 0.15) is 0 Å². The van der Waals surface area contributed by atoms with Crippen molar-refractivity contribution in [3.8, 4) is 0 Å². The van der Waals surface area contributed by atoms with E-state index in [1.807, 2.05) is 12.2 Å². The van der Waals surface area contributed by atoms with Crippen molar-refractivity contribution < 1.29 is 5.11 Å². The number of aliphatic hydroxyl groups excluding tert-OH is 1. The molecule has 1 rings (SSSR count). The standard InChI is InChI=1S/C10H14O/c1-2-3-4-9-5-6-10(7-9)8-11/h5-8,11H,2-4H2,1H3/b10-8-. The van der Waals surface area contributed by atoms with Gasteiger partial charge in [-0.3, -0.25) is 0 Å². The highest BCUT2D eigenvalue weighted by atomic mass is 16.2. The summed E-state index contributed by atoms with van der Waals surface area (Å²) in [4.78, 5) is 0. The summed E-state index contributed by atoms with van der Waals surface area (Å²) < 4.78 is 0. The Hall–Kier alpha value is -0.980. The minimum absolute atomic E-state index is 0.913. The van der Waals surface area contributed by atoms with Crippen molar-refractivity contribution in [2.24, 2.45) is 0 Å². The summed E-state index contributed by atoms with van der Waals surface area (Å²) in [5, 5.41) is 8.65. The molecular formula is C10H14O. The van der Waals surface area contributed by atoms with Crippen LogP contribution < -0.4 is 0 Å². The fraction of sp³-hybridized carbons (Fsp3) is 0.400. The molecule has 0 saturated carbocycles. The first-order chi connectivity index (χ1) is 5.36. The zero-order valence-electron chi connectivity index (χ0n) is 6.88. The Labute approximate surface area is 67.7 Å². The molecule has 0 aliphatic heterocycles. The van der Waals surface area contributed by atoms with Crippen molar-refractivity contribution in [2.45, 2.75) is 26.2 Å². The first kappa shape index (κ1) is 8.12. The number of hydrogen-bond donors (Lipinski definition) is 1. The van der Waals surface area contributed by atoms with Gasteiger partial charge >= 0.3 is 0 Å². The molecule has 0 atom stereocenters. The lowest BCUT2D eigenvalue weighted by atomic mass is 10.1. The molecule has 0 amide bonds. The summed E-state index contributed by atoms with van der Waals surface area (Å²) in [5.41, 5.74) is 2.24. The molecule has 1 heteroatoms. The number of rotatable bonds is 3. The maximum atomic E-state index is 8.65. The molecule has 0 aromatic rings. The molecule has 0 spiro atoms. The second-order valence-corrected chi connectivity index (χ2v) is 2.79. The van der Waals surface area contributed by atoms with Crippen molar-refractivity contribution in [1.29, 1.82) is 0 Å². The molecule has 0 bridgehead atoms. The van der Waals surface area contributed by atoms with Crippen molar-refractivity contribution in [2.75, 3.05) is 0 Å². The smallest absolute Gasteiger partial charge is 0.0864 e. The Morgan fingerprint density at radius 3 is 2.82 bits per heavy atom. The van der Waals surface area contributed by atoms with Gasteiger partial charge in [-0.05, 0) is 24.5 Å². The fourth-order valence-corrected chi connectivity index (χ4v) is 1.13. The topological polar surface area (TPSA) is 20.2 Å². The first-order valence-electron chi connectivity index (χ1n) is 4.10. The van der Waals surface area contributed by atoms with E-state index in [4.69, 9.17) is 5.11 Å². The van der Waals surface area contributed by atoms with Crippen LogP contribution in [0.15, 0.2) is 35.6 Å². The van der Waals surface area contributed by atoms with Crippen LogP contribution in [0.25, 0.3) is 0 Å². The van der Waals surface area contributed by atoms with E-state index in [-0.39, 0.29) is 0 Å². The summed E-state index contributed by atoms with van der Waals surface area (Å²) in [5.74, 6) is 0. The number of hydrogen-bond acceptors (Lipinski definition) is 1. The van der Waals surface area contributed by atoms with E-state index in [1.165, 1.54) is 18.4 Å². The van der Waals surface area contributed by atoms with E-state index >= 15 is 0 Å². The highest BCUT2D eigenvalue weighted by Gasteiger charge is 2.00. The third kappa shape index (κ3) is 2.26. The summed E-state index contributed by atoms with van der Waals surface area (Å²) in [6.07, 6.45) is 10.8. The monoisotopic (exact) mass is 150 g/mol. The lowest BCUT2D eigenvalue weighted by Gasteiger charge is -1.94. The fourth-order valence-electron chi connectivity index (χ4n) is 1.13. The molecule has 1 N–H and O–H groups in total. The van der Waals surface area contributed by atoms with Gasteiger partial charge in [-0.1, -0.05) is 25.5 Å². The van der Waals surface area contributed by atoms with Crippen LogP contribution in [-0.2, 0) is 0 Å². The molecular weight excluding hydrogens is 136 g/mol. The quantitative estimate of drug-likeness (QED) is 0.613. The van der Waals surface area contributed by atoms with Gasteiger partial charge in [-0.2, -0.15) is 0 Å². The predicted molar refractivity (Wildman–Crippen MR) is 47.5 cm³/mol. The zero-order valence-corrected chi connectivity index (χ0v) is 6.88. The third-order valence-electron chi connectivity index (χ3n) is 1.81. The molecule has 0 radical (unpaired) electrons. The Bertz CT molecular complexity index is 209. The Morgan fingerprint density at radius 2 is 2.27 bits per heavy atom. The van der Waals surface area contributed by atoms with Gasteiger partial charge in [0.15, 0.2) is 0 Å². The van der Waals surface area contributed by atoms with E-state index in [0.717, 1.165) is 18.3 Å². The van der Waals surface area contributed by atoms with Crippen molar-refractivity contribution >= 4 is 0 Å². The minimum atomic E-state index is 0.913. The maximum absolute atomic E-state index is 8.65. The van der Waals surface area contributed by atoms with E-state index in [9.17, 15) is 0 Å². The molecule has 0 heterocycles. The summed E-state index contributed by atoms with van der Waals surface area (Å²) in [6.45, 7) is 2.18. The van der Waals surface area contributed by atoms with Crippen LogP contribution in [0.1, 0.15) is 26.2 Å². The normalized spacial score (nSPS) is 19.4. The molecule has 0 aromatic carbocycles.